The molecule has 1 aromatic carbocycles. The number of hydrogen-bond acceptors (Lipinski definition) is 2. The van der Waals surface area contributed by atoms with Crippen molar-refractivity contribution in [3.8, 4) is 17.0 Å². The second kappa shape index (κ2) is 6.84. The first-order valence-corrected chi connectivity index (χ1v) is 8.96. The van der Waals surface area contributed by atoms with Crippen LogP contribution in [-0.2, 0) is 5.41 Å². The minimum absolute atomic E-state index is 0.0167. The number of nitrogens with zero attached hydrogens (tertiary/aromatic N) is 1. The zero-order chi connectivity index (χ0) is 19.0. The molecule has 0 atom stereocenters. The Morgan fingerprint density at radius 1 is 1.04 bits per heavy atom. The third-order valence-corrected chi connectivity index (χ3v) is 4.45. The number of halogens is 1. The number of benzene rings is 1. The van der Waals surface area contributed by atoms with Crippen molar-refractivity contribution in [2.45, 2.75) is 53.9 Å². The van der Waals surface area contributed by atoms with Gasteiger partial charge in [0.15, 0.2) is 0 Å². The second-order valence-corrected chi connectivity index (χ2v) is 9.11. The molecule has 0 spiro atoms. The number of aryl methyl sites for hydroxylation is 1. The summed E-state index contributed by atoms with van der Waals surface area (Å²) in [6.07, 6.45) is 3.98. The number of aromatic nitrogens is 1. The minimum Gasteiger partial charge on any atom is -0.505 e. The minimum atomic E-state index is -0.187. The predicted molar refractivity (Wildman–Crippen MR) is 108 cm³/mol. The van der Waals surface area contributed by atoms with Gasteiger partial charge in [-0.1, -0.05) is 65.3 Å². The first-order chi connectivity index (χ1) is 11.4. The van der Waals surface area contributed by atoms with E-state index in [2.05, 4.69) is 47.6 Å². The normalized spacial score (nSPS) is 12.8. The summed E-state index contributed by atoms with van der Waals surface area (Å²) in [5.41, 5.74) is 4.17. The first-order valence-electron chi connectivity index (χ1n) is 8.59. The molecule has 0 fully saturated rings. The Labute approximate surface area is 156 Å². The fourth-order valence-electron chi connectivity index (χ4n) is 2.53. The molecule has 2 nitrogen and oxygen atoms in total. The number of aromatic hydroxyl groups is 1. The second-order valence-electron chi connectivity index (χ2n) is 8.70. The van der Waals surface area contributed by atoms with Gasteiger partial charge in [0, 0.05) is 16.1 Å². The molecule has 0 aliphatic carbocycles. The van der Waals surface area contributed by atoms with Crippen molar-refractivity contribution in [3.05, 3.63) is 52.2 Å². The van der Waals surface area contributed by atoms with Gasteiger partial charge in [-0.2, -0.15) is 0 Å². The van der Waals surface area contributed by atoms with Crippen LogP contribution in [0.1, 0.15) is 58.4 Å². The number of rotatable bonds is 2. The smallest absolute Gasteiger partial charge is 0.144 e. The van der Waals surface area contributed by atoms with Crippen molar-refractivity contribution in [2.75, 3.05) is 0 Å². The highest BCUT2D eigenvalue weighted by Gasteiger charge is 2.22. The van der Waals surface area contributed by atoms with Gasteiger partial charge >= 0.3 is 0 Å². The molecule has 0 unspecified atom stereocenters. The molecule has 25 heavy (non-hydrogen) atoms. The van der Waals surface area contributed by atoms with Crippen LogP contribution in [-0.4, -0.2) is 10.1 Å². The molecule has 0 aliphatic heterocycles. The van der Waals surface area contributed by atoms with Crippen molar-refractivity contribution in [3.63, 3.8) is 0 Å². The van der Waals surface area contributed by atoms with E-state index in [0.29, 0.717) is 5.69 Å². The van der Waals surface area contributed by atoms with E-state index in [1.807, 2.05) is 37.3 Å². The van der Waals surface area contributed by atoms with Crippen molar-refractivity contribution in [1.29, 1.82) is 0 Å². The van der Waals surface area contributed by atoms with Crippen molar-refractivity contribution in [2.24, 2.45) is 5.41 Å². The molecule has 2 aromatic rings. The molecule has 134 valence electrons. The SMILES string of the molecule is Cc1cc(-c2cc(C(C)(C)C)c(O)c(/C=C/C(C)(C)C)n2)ccc1Cl. The van der Waals surface area contributed by atoms with Gasteiger partial charge in [0.2, 0.25) is 0 Å². The van der Waals surface area contributed by atoms with E-state index >= 15 is 0 Å². The highest BCUT2D eigenvalue weighted by Crippen LogP contribution is 2.37. The van der Waals surface area contributed by atoms with Crippen LogP contribution in [0.2, 0.25) is 5.02 Å². The molecule has 0 radical (unpaired) electrons. The number of allylic oxidation sites excluding steroid dienone is 1. The van der Waals surface area contributed by atoms with E-state index in [-0.39, 0.29) is 16.6 Å². The summed E-state index contributed by atoms with van der Waals surface area (Å²) in [6.45, 7) is 14.6. The molecule has 0 saturated heterocycles. The van der Waals surface area contributed by atoms with Gasteiger partial charge in [-0.15, -0.1) is 0 Å². The summed E-state index contributed by atoms with van der Waals surface area (Å²) in [5, 5.41) is 11.5. The zero-order valence-electron chi connectivity index (χ0n) is 16.2. The van der Waals surface area contributed by atoms with E-state index in [4.69, 9.17) is 16.6 Å². The average Bonchev–Trinajstić information content (AvgIpc) is 2.47. The first kappa shape index (κ1) is 19.5. The number of pyridine rings is 1. The molecule has 2 rings (SSSR count). The van der Waals surface area contributed by atoms with E-state index in [1.54, 1.807) is 0 Å². The van der Waals surface area contributed by atoms with E-state index in [1.165, 1.54) is 0 Å². The van der Waals surface area contributed by atoms with Crippen LogP contribution >= 0.6 is 11.6 Å². The Morgan fingerprint density at radius 2 is 1.68 bits per heavy atom. The summed E-state index contributed by atoms with van der Waals surface area (Å²) in [7, 11) is 0. The topological polar surface area (TPSA) is 33.1 Å². The van der Waals surface area contributed by atoms with Crippen LogP contribution in [0, 0.1) is 12.3 Å². The molecular formula is C22H28ClNO. The van der Waals surface area contributed by atoms with Gasteiger partial charge in [0.25, 0.3) is 0 Å². The lowest BCUT2D eigenvalue weighted by Gasteiger charge is -2.22. The monoisotopic (exact) mass is 357 g/mol. The zero-order valence-corrected chi connectivity index (χ0v) is 17.0. The largest absolute Gasteiger partial charge is 0.505 e. The van der Waals surface area contributed by atoms with E-state index in [0.717, 1.165) is 27.4 Å². The predicted octanol–water partition coefficient (Wildman–Crippen LogP) is 6.77. The molecular weight excluding hydrogens is 330 g/mol. The van der Waals surface area contributed by atoms with Crippen LogP contribution in [0.15, 0.2) is 30.3 Å². The molecule has 0 saturated carbocycles. The van der Waals surface area contributed by atoms with E-state index in [9.17, 15) is 5.11 Å². The van der Waals surface area contributed by atoms with Crippen LogP contribution < -0.4 is 0 Å². The third kappa shape index (κ3) is 4.85. The van der Waals surface area contributed by atoms with Gasteiger partial charge in [-0.3, -0.25) is 0 Å². The fraction of sp³-hybridized carbons (Fsp3) is 0.409. The third-order valence-electron chi connectivity index (χ3n) is 4.02. The Hall–Kier alpha value is -1.80. The van der Waals surface area contributed by atoms with Crippen LogP contribution in [0.5, 0.6) is 5.75 Å². The molecule has 1 N–H and O–H groups in total. The maximum atomic E-state index is 10.8. The Morgan fingerprint density at radius 3 is 2.20 bits per heavy atom. The standard InChI is InChI=1S/C22H28ClNO/c1-14-12-15(8-9-17(14)23)19-13-16(22(5,6)7)20(25)18(24-19)10-11-21(2,3)4/h8-13,25H,1-7H3/b11-10+. The highest BCUT2D eigenvalue weighted by molar-refractivity contribution is 6.31. The molecule has 0 amide bonds. The average molecular weight is 358 g/mol. The van der Waals surface area contributed by atoms with Gasteiger partial charge in [-0.25, -0.2) is 4.98 Å². The summed E-state index contributed by atoms with van der Waals surface area (Å²) < 4.78 is 0. The molecule has 1 heterocycles. The maximum Gasteiger partial charge on any atom is 0.144 e. The van der Waals surface area contributed by atoms with Crippen molar-refractivity contribution in [1.82, 2.24) is 4.98 Å². The quantitative estimate of drug-likeness (QED) is 0.643. The molecule has 1 aromatic heterocycles. The Balaban J connectivity index is 2.68. The lowest BCUT2D eigenvalue weighted by Crippen LogP contribution is -2.13. The lowest BCUT2D eigenvalue weighted by atomic mass is 9.85. The van der Waals surface area contributed by atoms with E-state index < -0.39 is 0 Å². The van der Waals surface area contributed by atoms with Crippen molar-refractivity contribution < 1.29 is 5.11 Å². The van der Waals surface area contributed by atoms with Gasteiger partial charge in [0.1, 0.15) is 11.4 Å². The summed E-state index contributed by atoms with van der Waals surface area (Å²) in [4.78, 5) is 4.71. The van der Waals surface area contributed by atoms with Crippen LogP contribution in [0.25, 0.3) is 17.3 Å². The summed E-state index contributed by atoms with van der Waals surface area (Å²) in [6, 6.07) is 7.87. The van der Waals surface area contributed by atoms with Crippen LogP contribution in [0.3, 0.4) is 0 Å². The number of hydrogen-bond donors (Lipinski definition) is 1. The van der Waals surface area contributed by atoms with Crippen molar-refractivity contribution >= 4 is 17.7 Å². The van der Waals surface area contributed by atoms with Gasteiger partial charge in [-0.05, 0) is 47.6 Å². The summed E-state index contributed by atoms with van der Waals surface area (Å²) >= 11 is 6.16. The summed E-state index contributed by atoms with van der Waals surface area (Å²) in [5.74, 6) is 0.252. The Bertz CT molecular complexity index is 808. The fourth-order valence-corrected chi connectivity index (χ4v) is 2.64. The molecule has 0 bridgehead atoms. The molecule has 0 aliphatic rings. The van der Waals surface area contributed by atoms with Gasteiger partial charge in [0.05, 0.1) is 5.69 Å². The van der Waals surface area contributed by atoms with Gasteiger partial charge < -0.3 is 5.11 Å². The van der Waals surface area contributed by atoms with Crippen LogP contribution in [0.4, 0.5) is 0 Å². The molecule has 3 heteroatoms. The lowest BCUT2D eigenvalue weighted by molar-refractivity contribution is 0.442. The highest BCUT2D eigenvalue weighted by atomic mass is 35.5. The maximum absolute atomic E-state index is 10.8. The Kier molecular flexibility index (Phi) is 5.34.